The van der Waals surface area contributed by atoms with Gasteiger partial charge >= 0.3 is 18.5 Å². The van der Waals surface area contributed by atoms with E-state index in [1.165, 1.54) is 28.4 Å². The van der Waals surface area contributed by atoms with Crippen LogP contribution < -0.4 is 0 Å². The fourth-order valence-corrected chi connectivity index (χ4v) is 5.76. The first-order chi connectivity index (χ1) is 19.6. The van der Waals surface area contributed by atoms with E-state index < -0.39 is 54.0 Å². The summed E-state index contributed by atoms with van der Waals surface area (Å²) >= 11 is 1.28. The lowest BCUT2D eigenvalue weighted by Gasteiger charge is -2.31. The van der Waals surface area contributed by atoms with Gasteiger partial charge < -0.3 is 9.74 Å². The summed E-state index contributed by atoms with van der Waals surface area (Å²) in [5.41, 5.74) is -3.66. The predicted molar refractivity (Wildman–Crippen MR) is 128 cm³/mol. The van der Waals surface area contributed by atoms with E-state index >= 15 is 0 Å². The van der Waals surface area contributed by atoms with Crippen molar-refractivity contribution in [2.24, 2.45) is 5.16 Å². The van der Waals surface area contributed by atoms with Crippen molar-refractivity contribution in [1.82, 2.24) is 19.7 Å². The zero-order valence-corrected chi connectivity index (χ0v) is 22.0. The highest BCUT2D eigenvalue weighted by molar-refractivity contribution is 7.10. The summed E-state index contributed by atoms with van der Waals surface area (Å²) in [6.07, 6.45) is -15.0. The second kappa shape index (κ2) is 10.9. The number of hydrogen-bond donors (Lipinski definition) is 0. The number of amides is 1. The Morgan fingerprint density at radius 3 is 2.40 bits per heavy atom. The molecule has 4 heterocycles. The van der Waals surface area contributed by atoms with Crippen molar-refractivity contribution < 1.29 is 49.1 Å². The molecule has 1 saturated heterocycles. The summed E-state index contributed by atoms with van der Waals surface area (Å²) in [4.78, 5) is 23.7. The summed E-state index contributed by atoms with van der Waals surface area (Å²) in [5, 5.41) is 9.25. The lowest BCUT2D eigenvalue weighted by atomic mass is 9.97. The number of piperidine rings is 1. The fraction of sp³-hybridized carbons (Fsp3) is 0.440. The lowest BCUT2D eigenvalue weighted by Crippen LogP contribution is -2.40. The van der Waals surface area contributed by atoms with Crippen LogP contribution in [0.2, 0.25) is 0 Å². The Balaban J connectivity index is 1.19. The number of oxime groups is 1. The molecule has 1 fully saturated rings. The maximum Gasteiger partial charge on any atom is 0.435 e. The molecule has 2 aromatic heterocycles. The molecule has 1 atom stereocenters. The summed E-state index contributed by atoms with van der Waals surface area (Å²) in [6, 6.07) is 5.98. The van der Waals surface area contributed by atoms with Crippen LogP contribution in [0.1, 0.15) is 64.5 Å². The molecule has 0 N–H and O–H groups in total. The van der Waals surface area contributed by atoms with Gasteiger partial charge in [-0.15, -0.1) is 11.3 Å². The minimum Gasteiger partial charge on any atom is -0.387 e. The number of aromatic nitrogens is 3. The van der Waals surface area contributed by atoms with E-state index in [1.54, 1.807) is 5.38 Å². The molecule has 2 aliphatic heterocycles. The Bertz CT molecular complexity index is 1480. The number of benzene rings is 1. The van der Waals surface area contributed by atoms with Gasteiger partial charge in [0.05, 0.1) is 16.3 Å². The molecule has 1 unspecified atom stereocenters. The number of rotatable bonds is 5. The summed E-state index contributed by atoms with van der Waals surface area (Å²) in [7, 11) is 0. The zero-order valence-electron chi connectivity index (χ0n) is 21.1. The van der Waals surface area contributed by atoms with E-state index in [1.807, 2.05) is 0 Å². The van der Waals surface area contributed by atoms with Crippen LogP contribution in [0.25, 0.3) is 0 Å². The summed E-state index contributed by atoms with van der Waals surface area (Å²) < 4.78 is 119. The quantitative estimate of drug-likeness (QED) is 0.305. The highest BCUT2D eigenvalue weighted by Gasteiger charge is 2.43. The van der Waals surface area contributed by atoms with Crippen molar-refractivity contribution in [1.29, 1.82) is 0 Å². The molecular formula is C25H19F9N5O2S. The topological polar surface area (TPSA) is 72.6 Å². The standard InChI is InChI=1S/C25H19F9N5O2S/c26-23(27,28)15-4-2-1-3-14(15)18-9-16(37-41-18)17-12-42-22(35-17)13-5-7-38(8-6-13)21(40)11-39-20(25(32,33)34)10-19(36-39)24(29,30)31/h1-2,4,10,12-13,18H,5-9,11H2. The van der Waals surface area contributed by atoms with Crippen molar-refractivity contribution in [3.05, 3.63) is 68.9 Å². The molecule has 7 nitrogen and oxygen atoms in total. The van der Waals surface area contributed by atoms with Gasteiger partial charge in [-0.1, -0.05) is 17.3 Å². The Morgan fingerprint density at radius 1 is 1.05 bits per heavy atom. The molecule has 0 saturated carbocycles. The minimum atomic E-state index is -5.14. The molecule has 42 heavy (non-hydrogen) atoms. The molecule has 2 aliphatic rings. The van der Waals surface area contributed by atoms with Crippen LogP contribution in [-0.2, 0) is 34.7 Å². The average molecular weight is 625 g/mol. The second-order valence-corrected chi connectivity index (χ2v) is 10.5. The molecule has 3 aromatic rings. The van der Waals surface area contributed by atoms with Crippen molar-refractivity contribution in [3.8, 4) is 0 Å². The van der Waals surface area contributed by atoms with Gasteiger partial charge in [-0.2, -0.15) is 44.6 Å². The highest BCUT2D eigenvalue weighted by atomic mass is 32.1. The third-order valence-electron chi connectivity index (χ3n) is 6.84. The van der Waals surface area contributed by atoms with Crippen molar-refractivity contribution in [3.63, 3.8) is 0 Å². The van der Waals surface area contributed by atoms with Crippen LogP contribution in [0.4, 0.5) is 39.5 Å². The Morgan fingerprint density at radius 2 is 1.76 bits per heavy atom. The molecule has 5 rings (SSSR count). The SMILES string of the molecule is O=C(Cn1nc(C(F)(F)F)cc1C(F)(F)F)N1CCC(c2nc(C3=NOC(c4[c]cccc4C(F)(F)F)C3)cs2)CC1. The third-order valence-corrected chi connectivity index (χ3v) is 7.85. The third kappa shape index (κ3) is 6.24. The zero-order chi connectivity index (χ0) is 30.4. The lowest BCUT2D eigenvalue weighted by molar-refractivity contribution is -0.146. The van der Waals surface area contributed by atoms with Crippen molar-refractivity contribution >= 4 is 23.0 Å². The summed E-state index contributed by atoms with van der Waals surface area (Å²) in [5.74, 6) is -0.937. The van der Waals surface area contributed by atoms with Gasteiger partial charge in [0.1, 0.15) is 18.0 Å². The number of carbonyl (C=O) groups excluding carboxylic acids is 1. The Kier molecular flexibility index (Phi) is 7.74. The van der Waals surface area contributed by atoms with E-state index in [-0.39, 0.29) is 41.7 Å². The number of alkyl halides is 9. The van der Waals surface area contributed by atoms with Gasteiger partial charge in [-0.3, -0.25) is 9.48 Å². The molecule has 17 heteroatoms. The molecular weight excluding hydrogens is 605 g/mol. The van der Waals surface area contributed by atoms with Gasteiger partial charge in [0.2, 0.25) is 5.91 Å². The molecule has 1 amide bonds. The second-order valence-electron chi connectivity index (χ2n) is 9.63. The van der Waals surface area contributed by atoms with E-state index in [4.69, 9.17) is 4.84 Å². The van der Waals surface area contributed by atoms with Gasteiger partial charge in [0.25, 0.3) is 0 Å². The number of hydrogen-bond acceptors (Lipinski definition) is 6. The van der Waals surface area contributed by atoms with Crippen molar-refractivity contribution in [2.75, 3.05) is 13.1 Å². The van der Waals surface area contributed by atoms with Gasteiger partial charge in [-0.25, -0.2) is 4.98 Å². The highest BCUT2D eigenvalue weighted by Crippen LogP contribution is 2.40. The average Bonchev–Trinajstić information content (AvgIpc) is 3.67. The van der Waals surface area contributed by atoms with Gasteiger partial charge in [0, 0.05) is 42.4 Å². The molecule has 0 aliphatic carbocycles. The van der Waals surface area contributed by atoms with E-state index in [0.717, 1.165) is 6.07 Å². The maximum absolute atomic E-state index is 13.4. The number of carbonyl (C=O) groups is 1. The maximum atomic E-state index is 13.4. The van der Waals surface area contributed by atoms with Crippen LogP contribution in [0.5, 0.6) is 0 Å². The number of thiazole rings is 1. The first-order valence-corrected chi connectivity index (χ1v) is 13.3. The fourth-order valence-electron chi connectivity index (χ4n) is 4.76. The first-order valence-electron chi connectivity index (χ1n) is 12.4. The predicted octanol–water partition coefficient (Wildman–Crippen LogP) is 6.47. The van der Waals surface area contributed by atoms with E-state index in [2.05, 4.69) is 21.3 Å². The van der Waals surface area contributed by atoms with E-state index in [0.29, 0.717) is 29.3 Å². The number of likely N-dealkylation sites (tertiary alicyclic amines) is 1. The van der Waals surface area contributed by atoms with Gasteiger partial charge in [-0.05, 0) is 25.0 Å². The van der Waals surface area contributed by atoms with Crippen LogP contribution in [0.15, 0.2) is 34.8 Å². The molecule has 0 bridgehead atoms. The smallest absolute Gasteiger partial charge is 0.387 e. The largest absolute Gasteiger partial charge is 0.435 e. The van der Waals surface area contributed by atoms with Crippen LogP contribution in [0, 0.1) is 6.07 Å². The first kappa shape index (κ1) is 29.8. The Hall–Kier alpha value is -3.63. The number of halogens is 9. The monoisotopic (exact) mass is 624 g/mol. The molecule has 1 aromatic carbocycles. The van der Waals surface area contributed by atoms with Crippen molar-refractivity contribution in [2.45, 2.75) is 56.4 Å². The normalized spacial score (nSPS) is 18.7. The summed E-state index contributed by atoms with van der Waals surface area (Å²) in [6.45, 7) is -0.750. The van der Waals surface area contributed by atoms with Crippen LogP contribution in [-0.4, -0.2) is 44.4 Å². The molecule has 0 spiro atoms. The Labute approximate surface area is 235 Å². The van der Waals surface area contributed by atoms with Crippen LogP contribution >= 0.6 is 11.3 Å². The molecule has 1 radical (unpaired) electrons. The minimum absolute atomic E-state index is 0.0207. The number of nitrogens with zero attached hydrogens (tertiary/aromatic N) is 5. The van der Waals surface area contributed by atoms with Crippen LogP contribution in [0.3, 0.4) is 0 Å². The van der Waals surface area contributed by atoms with E-state index in [9.17, 15) is 44.3 Å². The van der Waals surface area contributed by atoms with Gasteiger partial charge in [0.15, 0.2) is 11.8 Å². The molecule has 225 valence electrons.